The fraction of sp³-hybridized carbons (Fsp3) is 0.500. The summed E-state index contributed by atoms with van der Waals surface area (Å²) in [5.74, 6) is 1.40. The average Bonchev–Trinajstić information content (AvgIpc) is 2.98. The van der Waals surface area contributed by atoms with Crippen LogP contribution >= 0.6 is 11.3 Å². The molecule has 0 unspecified atom stereocenters. The van der Waals surface area contributed by atoms with Gasteiger partial charge in [-0.1, -0.05) is 11.2 Å². The molecule has 0 aliphatic carbocycles. The summed E-state index contributed by atoms with van der Waals surface area (Å²) in [5, 5.41) is 9.48. The molecule has 96 valence electrons. The summed E-state index contributed by atoms with van der Waals surface area (Å²) < 4.78 is 5.28. The van der Waals surface area contributed by atoms with Gasteiger partial charge >= 0.3 is 0 Å². The van der Waals surface area contributed by atoms with Gasteiger partial charge in [0.1, 0.15) is 0 Å². The molecule has 1 saturated heterocycles. The van der Waals surface area contributed by atoms with E-state index in [2.05, 4.69) is 27.3 Å². The van der Waals surface area contributed by atoms with E-state index in [1.165, 1.54) is 0 Å². The maximum atomic E-state index is 5.28. The molecule has 3 heterocycles. The molecule has 3 rings (SSSR count). The van der Waals surface area contributed by atoms with Gasteiger partial charge in [0.15, 0.2) is 5.82 Å². The predicted octanol–water partition coefficient (Wildman–Crippen LogP) is 1.59. The number of hydrogen-bond donors (Lipinski definition) is 1. The van der Waals surface area contributed by atoms with Crippen LogP contribution in [-0.2, 0) is 6.54 Å². The molecule has 5 nitrogen and oxygen atoms in total. The lowest BCUT2D eigenvalue weighted by atomic mass is 10.2. The van der Waals surface area contributed by atoms with E-state index in [-0.39, 0.29) is 0 Å². The van der Waals surface area contributed by atoms with E-state index in [0.717, 1.165) is 36.9 Å². The Morgan fingerprint density at radius 2 is 2.56 bits per heavy atom. The van der Waals surface area contributed by atoms with Gasteiger partial charge in [-0.05, 0) is 18.4 Å². The molecule has 18 heavy (non-hydrogen) atoms. The van der Waals surface area contributed by atoms with Crippen molar-refractivity contribution < 1.29 is 4.52 Å². The molecule has 0 aromatic carbocycles. The van der Waals surface area contributed by atoms with Gasteiger partial charge in [-0.15, -0.1) is 11.3 Å². The number of aromatic nitrogens is 2. The SMILES string of the molecule is C[C@@H]1CN(Cc2noc(-c3cccs3)n2)CCN1. The number of piperazine rings is 1. The fourth-order valence-corrected chi connectivity index (χ4v) is 2.82. The van der Waals surface area contributed by atoms with Crippen LogP contribution in [0.4, 0.5) is 0 Å². The van der Waals surface area contributed by atoms with Gasteiger partial charge in [0.25, 0.3) is 5.89 Å². The van der Waals surface area contributed by atoms with Gasteiger partial charge in [0, 0.05) is 25.7 Å². The molecule has 0 radical (unpaired) electrons. The summed E-state index contributed by atoms with van der Waals surface area (Å²) in [6.07, 6.45) is 0. The van der Waals surface area contributed by atoms with Crippen LogP contribution in [0.25, 0.3) is 10.8 Å². The molecule has 1 aliphatic heterocycles. The minimum Gasteiger partial charge on any atom is -0.333 e. The highest BCUT2D eigenvalue weighted by atomic mass is 32.1. The highest BCUT2D eigenvalue weighted by molar-refractivity contribution is 7.13. The highest BCUT2D eigenvalue weighted by Gasteiger charge is 2.18. The van der Waals surface area contributed by atoms with E-state index in [0.29, 0.717) is 11.9 Å². The van der Waals surface area contributed by atoms with E-state index in [1.54, 1.807) is 11.3 Å². The van der Waals surface area contributed by atoms with Crippen molar-refractivity contribution in [2.45, 2.75) is 19.5 Å². The lowest BCUT2D eigenvalue weighted by Crippen LogP contribution is -2.48. The van der Waals surface area contributed by atoms with Crippen molar-refractivity contribution in [1.29, 1.82) is 0 Å². The average molecular weight is 264 g/mol. The zero-order valence-corrected chi connectivity index (χ0v) is 11.1. The monoisotopic (exact) mass is 264 g/mol. The van der Waals surface area contributed by atoms with E-state index < -0.39 is 0 Å². The third-order valence-corrected chi connectivity index (χ3v) is 3.88. The van der Waals surface area contributed by atoms with Crippen LogP contribution < -0.4 is 5.32 Å². The number of thiophene rings is 1. The topological polar surface area (TPSA) is 54.2 Å². The number of nitrogens with one attached hydrogen (secondary N) is 1. The largest absolute Gasteiger partial charge is 0.333 e. The molecule has 0 bridgehead atoms. The molecule has 0 saturated carbocycles. The first kappa shape index (κ1) is 11.8. The molecule has 1 atom stereocenters. The van der Waals surface area contributed by atoms with Crippen molar-refractivity contribution in [3.05, 3.63) is 23.3 Å². The van der Waals surface area contributed by atoms with Crippen LogP contribution in [0.1, 0.15) is 12.7 Å². The Morgan fingerprint density at radius 3 is 3.33 bits per heavy atom. The summed E-state index contributed by atoms with van der Waals surface area (Å²) >= 11 is 1.62. The molecule has 6 heteroatoms. The summed E-state index contributed by atoms with van der Waals surface area (Å²) in [7, 11) is 0. The molecule has 2 aromatic heterocycles. The van der Waals surface area contributed by atoms with Gasteiger partial charge in [0.2, 0.25) is 0 Å². The van der Waals surface area contributed by atoms with E-state index in [4.69, 9.17) is 4.52 Å². The fourth-order valence-electron chi connectivity index (χ4n) is 2.17. The van der Waals surface area contributed by atoms with Crippen LogP contribution in [0.2, 0.25) is 0 Å². The van der Waals surface area contributed by atoms with Crippen LogP contribution in [0.15, 0.2) is 22.0 Å². The third-order valence-electron chi connectivity index (χ3n) is 3.02. The van der Waals surface area contributed by atoms with Crippen molar-refractivity contribution in [2.24, 2.45) is 0 Å². The Hall–Kier alpha value is -1.24. The van der Waals surface area contributed by atoms with Gasteiger partial charge in [0.05, 0.1) is 11.4 Å². The standard InChI is InChI=1S/C12H16N4OS/c1-9-7-16(5-4-13-9)8-11-14-12(17-15-11)10-3-2-6-18-10/h2-3,6,9,13H,4-5,7-8H2,1H3/t9-/m1/s1. The lowest BCUT2D eigenvalue weighted by molar-refractivity contribution is 0.193. The second kappa shape index (κ2) is 5.17. The van der Waals surface area contributed by atoms with Crippen LogP contribution in [0.5, 0.6) is 0 Å². The van der Waals surface area contributed by atoms with Crippen molar-refractivity contribution in [3.8, 4) is 10.8 Å². The molecule has 2 aromatic rings. The number of rotatable bonds is 3. The van der Waals surface area contributed by atoms with Crippen LogP contribution in [-0.4, -0.2) is 40.7 Å². The van der Waals surface area contributed by atoms with Gasteiger partial charge in [-0.25, -0.2) is 0 Å². The Kier molecular flexibility index (Phi) is 3.40. The molecule has 1 fully saturated rings. The molecule has 0 amide bonds. The molecule has 1 aliphatic rings. The van der Waals surface area contributed by atoms with Gasteiger partial charge in [-0.2, -0.15) is 4.98 Å². The highest BCUT2D eigenvalue weighted by Crippen LogP contribution is 2.22. The lowest BCUT2D eigenvalue weighted by Gasteiger charge is -2.30. The van der Waals surface area contributed by atoms with E-state index in [1.807, 2.05) is 17.5 Å². The zero-order chi connectivity index (χ0) is 12.4. The smallest absolute Gasteiger partial charge is 0.268 e. The number of nitrogens with zero attached hydrogens (tertiary/aromatic N) is 3. The quantitative estimate of drug-likeness (QED) is 0.912. The Balaban J connectivity index is 1.66. The first-order valence-corrected chi connectivity index (χ1v) is 7.01. The Labute approximate surface area is 110 Å². The first-order valence-electron chi connectivity index (χ1n) is 6.13. The van der Waals surface area contributed by atoms with E-state index >= 15 is 0 Å². The van der Waals surface area contributed by atoms with E-state index in [9.17, 15) is 0 Å². The van der Waals surface area contributed by atoms with Crippen LogP contribution in [0.3, 0.4) is 0 Å². The maximum Gasteiger partial charge on any atom is 0.268 e. The predicted molar refractivity (Wildman–Crippen MR) is 70.4 cm³/mol. The second-order valence-corrected chi connectivity index (χ2v) is 5.53. The zero-order valence-electron chi connectivity index (χ0n) is 10.3. The Bertz CT molecular complexity index is 496. The summed E-state index contributed by atoms with van der Waals surface area (Å²) in [4.78, 5) is 7.82. The summed E-state index contributed by atoms with van der Waals surface area (Å²) in [6, 6.07) is 4.51. The molecule has 0 spiro atoms. The van der Waals surface area contributed by atoms with Crippen molar-refractivity contribution in [3.63, 3.8) is 0 Å². The summed E-state index contributed by atoms with van der Waals surface area (Å²) in [5.41, 5.74) is 0. The molecule has 1 N–H and O–H groups in total. The van der Waals surface area contributed by atoms with Crippen molar-refractivity contribution in [1.82, 2.24) is 20.4 Å². The van der Waals surface area contributed by atoms with Crippen molar-refractivity contribution >= 4 is 11.3 Å². The van der Waals surface area contributed by atoms with Crippen molar-refractivity contribution in [2.75, 3.05) is 19.6 Å². The minimum absolute atomic E-state index is 0.530. The minimum atomic E-state index is 0.530. The van der Waals surface area contributed by atoms with Gasteiger partial charge < -0.3 is 9.84 Å². The maximum absolute atomic E-state index is 5.28. The second-order valence-electron chi connectivity index (χ2n) is 4.58. The third kappa shape index (κ3) is 2.60. The van der Waals surface area contributed by atoms with Gasteiger partial charge in [-0.3, -0.25) is 4.90 Å². The molecular formula is C12H16N4OS. The number of hydrogen-bond acceptors (Lipinski definition) is 6. The first-order chi connectivity index (χ1) is 8.81. The summed E-state index contributed by atoms with van der Waals surface area (Å²) in [6.45, 7) is 6.05. The van der Waals surface area contributed by atoms with Crippen LogP contribution in [0, 0.1) is 0 Å². The Morgan fingerprint density at radius 1 is 1.61 bits per heavy atom. The molecular weight excluding hydrogens is 248 g/mol. The normalized spacial score (nSPS) is 21.3.